The molecule has 154 valence electrons. The number of amides is 3. The maximum atomic E-state index is 12.5. The molecule has 3 aromatic rings. The summed E-state index contributed by atoms with van der Waals surface area (Å²) in [6.07, 6.45) is 0. The van der Waals surface area contributed by atoms with E-state index in [9.17, 15) is 18.0 Å². The Labute approximate surface area is 174 Å². The highest BCUT2D eigenvalue weighted by Gasteiger charge is 2.14. The fourth-order valence-corrected chi connectivity index (χ4v) is 3.74. The first-order valence-electron chi connectivity index (χ1n) is 8.95. The summed E-state index contributed by atoms with van der Waals surface area (Å²) in [4.78, 5) is 23.4. The van der Waals surface area contributed by atoms with Crippen LogP contribution in [0.3, 0.4) is 0 Å². The van der Waals surface area contributed by atoms with Crippen LogP contribution in [0.25, 0.3) is 0 Å². The van der Waals surface area contributed by atoms with Crippen LogP contribution >= 0.6 is 0 Å². The molecule has 0 fully saturated rings. The van der Waals surface area contributed by atoms with Crippen molar-refractivity contribution in [1.82, 2.24) is 5.32 Å². The zero-order valence-electron chi connectivity index (χ0n) is 15.8. The highest BCUT2D eigenvalue weighted by molar-refractivity contribution is 7.92. The summed E-state index contributed by atoms with van der Waals surface area (Å²) in [6.45, 7) is 0.260. The number of rotatable bonds is 7. The predicted molar refractivity (Wildman–Crippen MR) is 115 cm³/mol. The second-order valence-corrected chi connectivity index (χ2v) is 8.05. The van der Waals surface area contributed by atoms with Crippen LogP contribution in [0.4, 0.5) is 16.2 Å². The van der Waals surface area contributed by atoms with Gasteiger partial charge in [0.1, 0.15) is 0 Å². The molecule has 3 rings (SSSR count). The molecule has 8 nitrogen and oxygen atoms in total. The number of anilines is 2. The van der Waals surface area contributed by atoms with Crippen molar-refractivity contribution in [1.29, 1.82) is 0 Å². The summed E-state index contributed by atoms with van der Waals surface area (Å²) < 4.78 is 27.4. The molecule has 5 N–H and O–H groups in total. The molecule has 3 amide bonds. The molecule has 0 saturated heterocycles. The SMILES string of the molecule is NC(=O)Nc1ccc(CNC(=O)c2cccc(NS(=O)(=O)c3ccccc3)c2)cc1. The summed E-state index contributed by atoms with van der Waals surface area (Å²) in [5.74, 6) is -0.352. The zero-order valence-corrected chi connectivity index (χ0v) is 16.6. The Balaban J connectivity index is 1.64. The third-order valence-electron chi connectivity index (χ3n) is 4.11. The van der Waals surface area contributed by atoms with Gasteiger partial charge in [0.05, 0.1) is 4.90 Å². The third-order valence-corrected chi connectivity index (χ3v) is 5.50. The zero-order chi connectivity index (χ0) is 21.6. The molecule has 0 saturated carbocycles. The number of benzene rings is 3. The van der Waals surface area contributed by atoms with Gasteiger partial charge < -0.3 is 16.4 Å². The molecule has 9 heteroatoms. The van der Waals surface area contributed by atoms with Crippen molar-refractivity contribution < 1.29 is 18.0 Å². The highest BCUT2D eigenvalue weighted by atomic mass is 32.2. The largest absolute Gasteiger partial charge is 0.351 e. The van der Waals surface area contributed by atoms with Crippen molar-refractivity contribution in [2.24, 2.45) is 5.73 Å². The number of primary amides is 1. The number of hydrogen-bond donors (Lipinski definition) is 4. The van der Waals surface area contributed by atoms with Crippen molar-refractivity contribution in [2.75, 3.05) is 10.0 Å². The van der Waals surface area contributed by atoms with Gasteiger partial charge in [0.2, 0.25) is 0 Å². The van der Waals surface area contributed by atoms with Gasteiger partial charge in [-0.1, -0.05) is 36.4 Å². The lowest BCUT2D eigenvalue weighted by Crippen LogP contribution is -2.23. The normalized spacial score (nSPS) is 10.8. The first-order chi connectivity index (χ1) is 14.3. The summed E-state index contributed by atoms with van der Waals surface area (Å²) in [7, 11) is -3.74. The van der Waals surface area contributed by atoms with E-state index >= 15 is 0 Å². The van der Waals surface area contributed by atoms with Crippen LogP contribution in [0.1, 0.15) is 15.9 Å². The first-order valence-corrected chi connectivity index (χ1v) is 10.4. The molecule has 0 radical (unpaired) electrons. The Morgan fingerprint density at radius 2 is 1.53 bits per heavy atom. The van der Waals surface area contributed by atoms with Gasteiger partial charge in [0.25, 0.3) is 15.9 Å². The van der Waals surface area contributed by atoms with Gasteiger partial charge in [-0.25, -0.2) is 13.2 Å². The van der Waals surface area contributed by atoms with E-state index < -0.39 is 16.1 Å². The Bertz CT molecular complexity index is 1150. The van der Waals surface area contributed by atoms with E-state index in [0.29, 0.717) is 11.3 Å². The summed E-state index contributed by atoms with van der Waals surface area (Å²) in [5, 5.41) is 5.22. The van der Waals surface area contributed by atoms with Crippen LogP contribution in [-0.4, -0.2) is 20.4 Å². The average molecular weight is 424 g/mol. The number of hydrogen-bond acceptors (Lipinski definition) is 4. The Morgan fingerprint density at radius 1 is 0.833 bits per heavy atom. The topological polar surface area (TPSA) is 130 Å². The molecule has 0 spiro atoms. The van der Waals surface area contributed by atoms with Crippen LogP contribution in [0.5, 0.6) is 0 Å². The lowest BCUT2D eigenvalue weighted by Gasteiger charge is -2.10. The van der Waals surface area contributed by atoms with Gasteiger partial charge in [-0.05, 0) is 48.0 Å². The lowest BCUT2D eigenvalue weighted by molar-refractivity contribution is 0.0951. The van der Waals surface area contributed by atoms with E-state index in [0.717, 1.165) is 5.56 Å². The van der Waals surface area contributed by atoms with Crippen molar-refractivity contribution in [3.8, 4) is 0 Å². The fourth-order valence-electron chi connectivity index (χ4n) is 2.67. The van der Waals surface area contributed by atoms with Crippen LogP contribution in [0.15, 0.2) is 83.8 Å². The Hall–Kier alpha value is -3.85. The van der Waals surface area contributed by atoms with E-state index in [4.69, 9.17) is 5.73 Å². The number of carbonyl (C=O) groups is 2. The van der Waals surface area contributed by atoms with Gasteiger partial charge in [0, 0.05) is 23.5 Å². The molecular weight excluding hydrogens is 404 g/mol. The average Bonchev–Trinajstić information content (AvgIpc) is 2.73. The lowest BCUT2D eigenvalue weighted by atomic mass is 10.1. The molecule has 0 unspecified atom stereocenters. The molecule has 0 bridgehead atoms. The quantitative estimate of drug-likeness (QED) is 0.464. The Morgan fingerprint density at radius 3 is 2.20 bits per heavy atom. The Kier molecular flexibility index (Phi) is 6.33. The van der Waals surface area contributed by atoms with Gasteiger partial charge in [-0.15, -0.1) is 0 Å². The molecule has 0 aliphatic heterocycles. The molecule has 0 atom stereocenters. The van der Waals surface area contributed by atoms with Crippen LogP contribution < -0.4 is 21.1 Å². The standard InChI is InChI=1S/C21H20N4O4S/c22-21(27)24-17-11-9-15(10-12-17)14-23-20(26)16-5-4-6-18(13-16)25-30(28,29)19-7-2-1-3-8-19/h1-13,25H,14H2,(H,23,26)(H3,22,24,27). The second kappa shape index (κ2) is 9.10. The van der Waals surface area contributed by atoms with Crippen molar-refractivity contribution >= 4 is 33.3 Å². The smallest absolute Gasteiger partial charge is 0.316 e. The summed E-state index contributed by atoms with van der Waals surface area (Å²) in [6, 6.07) is 20.4. The summed E-state index contributed by atoms with van der Waals surface area (Å²) in [5.41, 5.74) is 7.03. The number of sulfonamides is 1. The minimum Gasteiger partial charge on any atom is -0.351 e. The van der Waals surface area contributed by atoms with Crippen LogP contribution in [-0.2, 0) is 16.6 Å². The molecule has 0 heterocycles. The second-order valence-electron chi connectivity index (χ2n) is 6.37. The fraction of sp³-hybridized carbons (Fsp3) is 0.0476. The molecule has 3 aromatic carbocycles. The number of nitrogens with two attached hydrogens (primary N) is 1. The van der Waals surface area contributed by atoms with Gasteiger partial charge in [-0.3, -0.25) is 9.52 Å². The van der Waals surface area contributed by atoms with Gasteiger partial charge in [-0.2, -0.15) is 0 Å². The highest BCUT2D eigenvalue weighted by Crippen LogP contribution is 2.17. The number of nitrogens with one attached hydrogen (secondary N) is 3. The molecule has 0 aliphatic rings. The number of carbonyl (C=O) groups excluding carboxylic acids is 2. The first kappa shape index (κ1) is 20.9. The van der Waals surface area contributed by atoms with Gasteiger partial charge in [0.15, 0.2) is 0 Å². The molecule has 0 aromatic heterocycles. The van der Waals surface area contributed by atoms with E-state index in [1.807, 2.05) is 0 Å². The minimum absolute atomic E-state index is 0.133. The third kappa shape index (κ3) is 5.58. The minimum atomic E-state index is -3.74. The van der Waals surface area contributed by atoms with Gasteiger partial charge >= 0.3 is 6.03 Å². The van der Waals surface area contributed by atoms with Crippen molar-refractivity contribution in [3.05, 3.63) is 90.0 Å². The summed E-state index contributed by atoms with van der Waals surface area (Å²) >= 11 is 0. The van der Waals surface area contributed by atoms with E-state index in [-0.39, 0.29) is 23.0 Å². The maximum absolute atomic E-state index is 12.5. The maximum Gasteiger partial charge on any atom is 0.316 e. The monoisotopic (exact) mass is 424 g/mol. The van der Waals surface area contributed by atoms with Crippen LogP contribution in [0.2, 0.25) is 0 Å². The molecular formula is C21H20N4O4S. The predicted octanol–water partition coefficient (Wildman–Crippen LogP) is 2.91. The molecule has 30 heavy (non-hydrogen) atoms. The number of urea groups is 1. The van der Waals surface area contributed by atoms with E-state index in [1.165, 1.54) is 18.2 Å². The van der Waals surface area contributed by atoms with Crippen LogP contribution in [0, 0.1) is 0 Å². The van der Waals surface area contributed by atoms with E-state index in [2.05, 4.69) is 15.4 Å². The van der Waals surface area contributed by atoms with Crippen molar-refractivity contribution in [2.45, 2.75) is 11.4 Å². The molecule has 0 aliphatic carbocycles. The van der Waals surface area contributed by atoms with E-state index in [1.54, 1.807) is 60.7 Å². The van der Waals surface area contributed by atoms with Crippen molar-refractivity contribution in [3.63, 3.8) is 0 Å².